The van der Waals surface area contributed by atoms with E-state index >= 15 is 0 Å². The summed E-state index contributed by atoms with van der Waals surface area (Å²) in [5.74, 6) is -0.187. The van der Waals surface area contributed by atoms with E-state index in [0.717, 1.165) is 18.4 Å². The summed E-state index contributed by atoms with van der Waals surface area (Å²) in [5, 5.41) is 8.02. The van der Waals surface area contributed by atoms with Gasteiger partial charge in [-0.15, -0.1) is 0 Å². The average Bonchev–Trinajstić information content (AvgIpc) is 2.82. The number of nitrogens with one attached hydrogen (secondary N) is 1. The number of rotatable bonds is 3. The second-order valence-corrected chi connectivity index (χ2v) is 5.55. The maximum absolute atomic E-state index is 13.0. The minimum atomic E-state index is -0.187. The third-order valence-corrected chi connectivity index (χ3v) is 4.20. The van der Waals surface area contributed by atoms with Crippen molar-refractivity contribution in [1.29, 1.82) is 0 Å². The molecular weight excluding hydrogens is 253 g/mol. The van der Waals surface area contributed by atoms with Crippen LogP contribution in [0.4, 0.5) is 4.39 Å². The number of halogens is 1. The molecule has 0 radical (unpaired) electrons. The van der Waals surface area contributed by atoms with Crippen molar-refractivity contribution in [3.63, 3.8) is 0 Å². The number of hydrogen-bond acceptors (Lipinski definition) is 2. The Morgan fingerprint density at radius 3 is 2.85 bits per heavy atom. The zero-order valence-corrected chi connectivity index (χ0v) is 11.9. The first-order chi connectivity index (χ1) is 9.65. The molecule has 0 amide bonds. The molecule has 1 heterocycles. The van der Waals surface area contributed by atoms with Crippen molar-refractivity contribution < 1.29 is 4.39 Å². The number of aromatic nitrogens is 2. The number of fused-ring (bicyclic) bond motifs is 1. The van der Waals surface area contributed by atoms with E-state index in [1.165, 1.54) is 29.8 Å². The van der Waals surface area contributed by atoms with E-state index in [1.54, 1.807) is 0 Å². The molecule has 3 rings (SSSR count). The molecule has 2 atom stereocenters. The highest BCUT2D eigenvalue weighted by atomic mass is 19.1. The molecule has 1 N–H and O–H groups in total. The average molecular weight is 273 g/mol. The summed E-state index contributed by atoms with van der Waals surface area (Å²) in [6, 6.07) is 7.27. The van der Waals surface area contributed by atoms with Crippen LogP contribution in [0.25, 0.3) is 0 Å². The van der Waals surface area contributed by atoms with Crippen LogP contribution in [-0.2, 0) is 13.5 Å². The lowest BCUT2D eigenvalue weighted by Gasteiger charge is -2.27. The highest BCUT2D eigenvalue weighted by Crippen LogP contribution is 2.31. The van der Waals surface area contributed by atoms with Crippen LogP contribution < -0.4 is 5.32 Å². The van der Waals surface area contributed by atoms with Crippen molar-refractivity contribution in [2.24, 2.45) is 7.05 Å². The second-order valence-electron chi connectivity index (χ2n) is 5.55. The fourth-order valence-electron chi connectivity index (χ4n) is 3.03. The Morgan fingerprint density at radius 1 is 1.35 bits per heavy atom. The smallest absolute Gasteiger partial charge is 0.123 e. The van der Waals surface area contributed by atoms with Gasteiger partial charge in [-0.3, -0.25) is 4.68 Å². The van der Waals surface area contributed by atoms with Crippen molar-refractivity contribution in [2.45, 2.75) is 38.3 Å². The van der Waals surface area contributed by atoms with Crippen LogP contribution in [0.5, 0.6) is 0 Å². The fourth-order valence-corrected chi connectivity index (χ4v) is 3.03. The van der Waals surface area contributed by atoms with Crippen molar-refractivity contribution in [3.05, 3.63) is 53.1 Å². The molecule has 0 aliphatic heterocycles. The lowest BCUT2D eigenvalue weighted by molar-refractivity contribution is 0.411. The van der Waals surface area contributed by atoms with Crippen LogP contribution in [-0.4, -0.2) is 9.78 Å². The third-order valence-electron chi connectivity index (χ3n) is 4.20. The van der Waals surface area contributed by atoms with Gasteiger partial charge in [-0.25, -0.2) is 4.39 Å². The van der Waals surface area contributed by atoms with Gasteiger partial charge < -0.3 is 5.32 Å². The zero-order valence-electron chi connectivity index (χ0n) is 11.9. The molecule has 2 aromatic rings. The first-order valence-corrected chi connectivity index (χ1v) is 7.17. The minimum Gasteiger partial charge on any atom is -0.303 e. The largest absolute Gasteiger partial charge is 0.303 e. The van der Waals surface area contributed by atoms with E-state index in [4.69, 9.17) is 0 Å². The molecule has 1 aliphatic carbocycles. The van der Waals surface area contributed by atoms with Gasteiger partial charge in [-0.2, -0.15) is 5.10 Å². The summed E-state index contributed by atoms with van der Waals surface area (Å²) in [4.78, 5) is 0. The summed E-state index contributed by atoms with van der Waals surface area (Å²) in [6.07, 6.45) is 5.39. The van der Waals surface area contributed by atoms with Gasteiger partial charge in [0, 0.05) is 30.4 Å². The van der Waals surface area contributed by atoms with E-state index < -0.39 is 0 Å². The van der Waals surface area contributed by atoms with Gasteiger partial charge in [0.15, 0.2) is 0 Å². The SMILES string of the molecule is C[C@H](NC1CCCc2c1cnn2C)c1ccc(F)cc1. The molecule has 106 valence electrons. The number of benzene rings is 1. The zero-order chi connectivity index (χ0) is 14.1. The quantitative estimate of drug-likeness (QED) is 0.930. The van der Waals surface area contributed by atoms with Crippen LogP contribution in [0.3, 0.4) is 0 Å². The molecule has 1 unspecified atom stereocenters. The highest BCUT2D eigenvalue weighted by molar-refractivity contribution is 5.26. The Hall–Kier alpha value is -1.68. The number of nitrogens with zero attached hydrogens (tertiary/aromatic N) is 2. The van der Waals surface area contributed by atoms with Crippen molar-refractivity contribution in [2.75, 3.05) is 0 Å². The van der Waals surface area contributed by atoms with E-state index in [9.17, 15) is 4.39 Å². The standard InChI is InChI=1S/C16H20FN3/c1-11(12-6-8-13(17)9-7-12)19-15-4-3-5-16-14(15)10-18-20(16)2/h6-11,15,19H,3-5H2,1-2H3/t11-,15?/m0/s1. The summed E-state index contributed by atoms with van der Waals surface area (Å²) >= 11 is 0. The molecule has 3 nitrogen and oxygen atoms in total. The van der Waals surface area contributed by atoms with Crippen LogP contribution in [0.15, 0.2) is 30.5 Å². The number of hydrogen-bond donors (Lipinski definition) is 1. The van der Waals surface area contributed by atoms with Crippen molar-refractivity contribution in [3.8, 4) is 0 Å². The number of aryl methyl sites for hydroxylation is 1. The fraction of sp³-hybridized carbons (Fsp3) is 0.438. The Bertz CT molecular complexity index is 588. The molecule has 20 heavy (non-hydrogen) atoms. The molecule has 0 saturated heterocycles. The van der Waals surface area contributed by atoms with Crippen LogP contribution >= 0.6 is 0 Å². The molecule has 4 heteroatoms. The molecule has 0 bridgehead atoms. The third kappa shape index (κ3) is 2.48. The predicted molar refractivity (Wildman–Crippen MR) is 76.8 cm³/mol. The van der Waals surface area contributed by atoms with Gasteiger partial charge in [0.2, 0.25) is 0 Å². The van der Waals surface area contributed by atoms with E-state index in [0.29, 0.717) is 6.04 Å². The molecule has 1 aromatic carbocycles. The minimum absolute atomic E-state index is 0.187. The van der Waals surface area contributed by atoms with Gasteiger partial charge in [-0.1, -0.05) is 12.1 Å². The normalized spacial score (nSPS) is 19.6. The van der Waals surface area contributed by atoms with E-state index in [1.807, 2.05) is 30.1 Å². The Kier molecular flexibility index (Phi) is 3.57. The molecule has 0 saturated carbocycles. The summed E-state index contributed by atoms with van der Waals surface area (Å²) in [6.45, 7) is 2.12. The van der Waals surface area contributed by atoms with Crippen molar-refractivity contribution >= 4 is 0 Å². The Balaban J connectivity index is 1.77. The van der Waals surface area contributed by atoms with E-state index in [2.05, 4.69) is 17.3 Å². The molecule has 0 spiro atoms. The van der Waals surface area contributed by atoms with Gasteiger partial charge in [0.25, 0.3) is 0 Å². The first-order valence-electron chi connectivity index (χ1n) is 7.17. The summed E-state index contributed by atoms with van der Waals surface area (Å²) in [7, 11) is 2.00. The van der Waals surface area contributed by atoms with Gasteiger partial charge in [0.1, 0.15) is 5.82 Å². The van der Waals surface area contributed by atoms with E-state index in [-0.39, 0.29) is 11.9 Å². The lowest BCUT2D eigenvalue weighted by Crippen LogP contribution is -2.27. The van der Waals surface area contributed by atoms with Gasteiger partial charge in [0.05, 0.1) is 6.20 Å². The monoisotopic (exact) mass is 273 g/mol. The maximum Gasteiger partial charge on any atom is 0.123 e. The summed E-state index contributed by atoms with van der Waals surface area (Å²) < 4.78 is 15.0. The van der Waals surface area contributed by atoms with Crippen molar-refractivity contribution in [1.82, 2.24) is 15.1 Å². The second kappa shape index (κ2) is 5.37. The predicted octanol–water partition coefficient (Wildman–Crippen LogP) is 3.29. The highest BCUT2D eigenvalue weighted by Gasteiger charge is 2.24. The summed E-state index contributed by atoms with van der Waals surface area (Å²) in [5.41, 5.74) is 3.76. The van der Waals surface area contributed by atoms with Crippen LogP contribution in [0, 0.1) is 5.82 Å². The lowest BCUT2D eigenvalue weighted by atomic mass is 9.92. The van der Waals surface area contributed by atoms with Crippen LogP contribution in [0.1, 0.15) is 48.7 Å². The van der Waals surface area contributed by atoms with Gasteiger partial charge >= 0.3 is 0 Å². The van der Waals surface area contributed by atoms with Crippen LogP contribution in [0.2, 0.25) is 0 Å². The first kappa shape index (κ1) is 13.3. The molecular formula is C16H20FN3. The Labute approximate surface area is 118 Å². The maximum atomic E-state index is 13.0. The molecule has 1 aromatic heterocycles. The molecule has 1 aliphatic rings. The topological polar surface area (TPSA) is 29.9 Å². The molecule has 0 fully saturated rings. The Morgan fingerprint density at radius 2 is 2.10 bits per heavy atom. The van der Waals surface area contributed by atoms with Gasteiger partial charge in [-0.05, 0) is 43.9 Å².